The molecule has 0 N–H and O–H groups in total. The fourth-order valence-corrected chi connectivity index (χ4v) is 2.78. The zero-order valence-corrected chi connectivity index (χ0v) is 12.6. The van der Waals surface area contributed by atoms with E-state index in [0.29, 0.717) is 0 Å². The molecule has 3 heteroatoms. The molecule has 0 atom stereocenters. The number of hydrogen-bond donors (Lipinski definition) is 0. The van der Waals surface area contributed by atoms with Crippen molar-refractivity contribution in [2.45, 2.75) is 71.1 Å². The molecule has 0 radical (unpaired) electrons. The van der Waals surface area contributed by atoms with Gasteiger partial charge in [-0.25, -0.2) is 4.79 Å². The van der Waals surface area contributed by atoms with Gasteiger partial charge in [0.15, 0.2) is 0 Å². The van der Waals surface area contributed by atoms with Crippen LogP contribution in [0.3, 0.4) is 0 Å². The SMILES string of the molecule is CCC=CC(=O)OC1CC(C)(C)N(C)C(C)(C)C1. The van der Waals surface area contributed by atoms with Crippen LogP contribution in [0.15, 0.2) is 12.2 Å². The van der Waals surface area contributed by atoms with E-state index in [4.69, 9.17) is 4.74 Å². The quantitative estimate of drug-likeness (QED) is 0.571. The van der Waals surface area contributed by atoms with E-state index in [9.17, 15) is 4.79 Å². The Bertz CT molecular complexity index is 313. The van der Waals surface area contributed by atoms with E-state index < -0.39 is 0 Å². The third kappa shape index (κ3) is 3.58. The molecule has 0 amide bonds. The molecule has 0 aliphatic carbocycles. The largest absolute Gasteiger partial charge is 0.459 e. The second-order valence-electron chi connectivity index (χ2n) is 6.46. The third-order valence-electron chi connectivity index (χ3n) is 4.04. The van der Waals surface area contributed by atoms with Gasteiger partial charge in [-0.15, -0.1) is 0 Å². The average Bonchev–Trinajstić information content (AvgIpc) is 2.22. The molecule has 1 fully saturated rings. The van der Waals surface area contributed by atoms with Gasteiger partial charge in [-0.05, 0) is 41.2 Å². The minimum atomic E-state index is -0.210. The lowest BCUT2D eigenvalue weighted by Crippen LogP contribution is -2.60. The minimum absolute atomic E-state index is 0.0141. The van der Waals surface area contributed by atoms with Gasteiger partial charge in [0, 0.05) is 30.0 Å². The van der Waals surface area contributed by atoms with Crippen molar-refractivity contribution in [3.63, 3.8) is 0 Å². The Balaban J connectivity index is 2.69. The predicted octanol–water partition coefficient (Wildman–Crippen LogP) is 3.15. The van der Waals surface area contributed by atoms with Crippen LogP contribution in [0, 0.1) is 0 Å². The van der Waals surface area contributed by atoms with Crippen LogP contribution in [0.2, 0.25) is 0 Å². The topological polar surface area (TPSA) is 29.5 Å². The van der Waals surface area contributed by atoms with Crippen LogP contribution in [0.25, 0.3) is 0 Å². The maximum atomic E-state index is 11.7. The van der Waals surface area contributed by atoms with Crippen molar-refractivity contribution in [1.29, 1.82) is 0 Å². The fraction of sp³-hybridized carbons (Fsp3) is 0.800. The molecular weight excluding hydrogens is 226 g/mol. The van der Waals surface area contributed by atoms with Crippen molar-refractivity contribution in [2.75, 3.05) is 7.05 Å². The number of carbonyl (C=O) groups is 1. The summed E-state index contributed by atoms with van der Waals surface area (Å²) in [5.74, 6) is -0.210. The maximum absolute atomic E-state index is 11.7. The van der Waals surface area contributed by atoms with E-state index in [-0.39, 0.29) is 23.2 Å². The van der Waals surface area contributed by atoms with Crippen LogP contribution in [0.5, 0.6) is 0 Å². The molecule has 1 aliphatic rings. The lowest BCUT2D eigenvalue weighted by molar-refractivity contribution is -0.153. The van der Waals surface area contributed by atoms with Crippen molar-refractivity contribution in [2.24, 2.45) is 0 Å². The van der Waals surface area contributed by atoms with Gasteiger partial charge in [0.05, 0.1) is 0 Å². The molecule has 0 unspecified atom stereocenters. The minimum Gasteiger partial charge on any atom is -0.459 e. The number of carbonyl (C=O) groups excluding carboxylic acids is 1. The molecule has 0 aromatic heterocycles. The van der Waals surface area contributed by atoms with Crippen LogP contribution in [0.4, 0.5) is 0 Å². The van der Waals surface area contributed by atoms with E-state index in [1.54, 1.807) is 6.08 Å². The Morgan fingerprint density at radius 1 is 1.28 bits per heavy atom. The predicted molar refractivity (Wildman–Crippen MR) is 74.5 cm³/mol. The second-order valence-corrected chi connectivity index (χ2v) is 6.46. The van der Waals surface area contributed by atoms with Crippen LogP contribution >= 0.6 is 0 Å². The molecule has 0 spiro atoms. The number of piperidine rings is 1. The molecule has 0 saturated carbocycles. The zero-order valence-electron chi connectivity index (χ0n) is 12.6. The highest BCUT2D eigenvalue weighted by Gasteiger charge is 2.44. The fourth-order valence-electron chi connectivity index (χ4n) is 2.78. The summed E-state index contributed by atoms with van der Waals surface area (Å²) in [6.07, 6.45) is 6.03. The molecule has 0 bridgehead atoms. The highest BCUT2D eigenvalue weighted by molar-refractivity contribution is 5.82. The van der Waals surface area contributed by atoms with Gasteiger partial charge in [0.2, 0.25) is 0 Å². The molecule has 18 heavy (non-hydrogen) atoms. The highest BCUT2D eigenvalue weighted by Crippen LogP contribution is 2.38. The van der Waals surface area contributed by atoms with Crippen molar-refractivity contribution >= 4 is 5.97 Å². The van der Waals surface area contributed by atoms with Gasteiger partial charge in [-0.3, -0.25) is 4.90 Å². The van der Waals surface area contributed by atoms with E-state index in [0.717, 1.165) is 19.3 Å². The first-order valence-electron chi connectivity index (χ1n) is 6.80. The first-order chi connectivity index (χ1) is 8.19. The number of allylic oxidation sites excluding steroid dienone is 1. The molecule has 1 heterocycles. The highest BCUT2D eigenvalue weighted by atomic mass is 16.5. The summed E-state index contributed by atoms with van der Waals surface area (Å²) in [7, 11) is 2.15. The number of ether oxygens (including phenoxy) is 1. The zero-order chi connectivity index (χ0) is 14.0. The molecular formula is C15H27NO2. The molecule has 1 saturated heterocycles. The van der Waals surface area contributed by atoms with E-state index >= 15 is 0 Å². The maximum Gasteiger partial charge on any atom is 0.330 e. The molecule has 3 nitrogen and oxygen atoms in total. The Hall–Kier alpha value is -0.830. The number of esters is 1. The van der Waals surface area contributed by atoms with E-state index in [1.165, 1.54) is 0 Å². The van der Waals surface area contributed by atoms with Crippen molar-refractivity contribution in [1.82, 2.24) is 4.90 Å². The van der Waals surface area contributed by atoms with Gasteiger partial charge in [-0.1, -0.05) is 13.0 Å². The molecule has 0 aromatic carbocycles. The summed E-state index contributed by atoms with van der Waals surface area (Å²) in [6, 6.07) is 0. The third-order valence-corrected chi connectivity index (χ3v) is 4.04. The summed E-state index contributed by atoms with van der Waals surface area (Å²) in [5.41, 5.74) is 0.113. The van der Waals surface area contributed by atoms with E-state index in [2.05, 4.69) is 39.6 Å². The molecule has 104 valence electrons. The summed E-state index contributed by atoms with van der Waals surface area (Å²) in [4.78, 5) is 14.0. The molecule has 1 rings (SSSR count). The number of rotatable bonds is 3. The lowest BCUT2D eigenvalue weighted by Gasteiger charge is -2.53. The number of nitrogens with zero attached hydrogens (tertiary/aromatic N) is 1. The van der Waals surface area contributed by atoms with Gasteiger partial charge in [-0.2, -0.15) is 0 Å². The summed E-state index contributed by atoms with van der Waals surface area (Å²) >= 11 is 0. The lowest BCUT2D eigenvalue weighted by atomic mass is 9.79. The normalized spacial score (nSPS) is 24.3. The Morgan fingerprint density at radius 3 is 2.22 bits per heavy atom. The first kappa shape index (κ1) is 15.2. The van der Waals surface area contributed by atoms with Gasteiger partial charge < -0.3 is 4.74 Å². The molecule has 0 aromatic rings. The average molecular weight is 253 g/mol. The monoisotopic (exact) mass is 253 g/mol. The van der Waals surface area contributed by atoms with Gasteiger partial charge in [0.1, 0.15) is 6.10 Å². The van der Waals surface area contributed by atoms with Crippen LogP contribution in [-0.2, 0) is 9.53 Å². The van der Waals surface area contributed by atoms with Crippen LogP contribution in [-0.4, -0.2) is 35.1 Å². The van der Waals surface area contributed by atoms with Crippen LogP contribution < -0.4 is 0 Å². The summed E-state index contributed by atoms with van der Waals surface area (Å²) in [6.45, 7) is 10.8. The smallest absolute Gasteiger partial charge is 0.330 e. The van der Waals surface area contributed by atoms with Crippen molar-refractivity contribution in [3.8, 4) is 0 Å². The van der Waals surface area contributed by atoms with Gasteiger partial charge >= 0.3 is 5.97 Å². The summed E-state index contributed by atoms with van der Waals surface area (Å²) < 4.78 is 5.56. The number of hydrogen-bond acceptors (Lipinski definition) is 3. The van der Waals surface area contributed by atoms with Crippen LogP contribution in [0.1, 0.15) is 53.9 Å². The molecule has 1 aliphatic heterocycles. The Morgan fingerprint density at radius 2 is 1.78 bits per heavy atom. The van der Waals surface area contributed by atoms with Gasteiger partial charge in [0.25, 0.3) is 0 Å². The first-order valence-corrected chi connectivity index (χ1v) is 6.80. The Kier molecular flexibility index (Phi) is 4.60. The van der Waals surface area contributed by atoms with Crippen molar-refractivity contribution in [3.05, 3.63) is 12.2 Å². The standard InChI is InChI=1S/C15H27NO2/c1-7-8-9-13(17)18-12-10-14(2,3)16(6)15(4,5)11-12/h8-9,12H,7,10-11H2,1-6H3. The summed E-state index contributed by atoms with van der Waals surface area (Å²) in [5, 5.41) is 0. The number of likely N-dealkylation sites (tertiary alicyclic amines) is 1. The second kappa shape index (κ2) is 5.43. The Labute approximate surface area is 111 Å². The van der Waals surface area contributed by atoms with E-state index in [1.807, 2.05) is 13.0 Å². The van der Waals surface area contributed by atoms with Crippen molar-refractivity contribution < 1.29 is 9.53 Å².